The third-order valence-corrected chi connectivity index (χ3v) is 6.11. The van der Waals surface area contributed by atoms with Gasteiger partial charge in [0, 0.05) is 6.04 Å². The first kappa shape index (κ1) is 27.0. The maximum atomic E-state index is 6.29. The van der Waals surface area contributed by atoms with Crippen LogP contribution >= 0.6 is 0 Å². The highest BCUT2D eigenvalue weighted by atomic mass is 14.6. The van der Waals surface area contributed by atoms with Crippen molar-refractivity contribution >= 4 is 0 Å². The van der Waals surface area contributed by atoms with Crippen molar-refractivity contribution in [3.63, 3.8) is 0 Å². The van der Waals surface area contributed by atoms with Crippen LogP contribution in [-0.2, 0) is 0 Å². The molecule has 0 spiro atoms. The summed E-state index contributed by atoms with van der Waals surface area (Å²) in [7, 11) is 0. The van der Waals surface area contributed by atoms with Crippen molar-refractivity contribution in [2.45, 2.75) is 168 Å². The van der Waals surface area contributed by atoms with E-state index in [1.165, 1.54) is 148 Å². The van der Waals surface area contributed by atoms with E-state index in [4.69, 9.17) is 5.73 Å². The molecule has 1 unspecified atom stereocenters. The van der Waals surface area contributed by atoms with Gasteiger partial charge in [0.15, 0.2) is 0 Å². The van der Waals surface area contributed by atoms with Crippen LogP contribution in [0.3, 0.4) is 0 Å². The maximum Gasteiger partial charge on any atom is 0.00388 e. The Morgan fingerprint density at radius 1 is 0.370 bits per heavy atom. The van der Waals surface area contributed by atoms with Gasteiger partial charge in [-0.1, -0.05) is 149 Å². The topological polar surface area (TPSA) is 26.0 Å². The van der Waals surface area contributed by atoms with E-state index < -0.39 is 0 Å². The molecule has 27 heavy (non-hydrogen) atoms. The molecule has 0 bridgehead atoms. The molecule has 0 saturated heterocycles. The van der Waals surface area contributed by atoms with E-state index in [0.29, 0.717) is 6.04 Å². The molecule has 0 amide bonds. The molecule has 1 atom stereocenters. The molecule has 0 aromatic carbocycles. The molecular formula is C26H55N. The molecule has 2 N–H and O–H groups in total. The van der Waals surface area contributed by atoms with E-state index in [1.807, 2.05) is 0 Å². The van der Waals surface area contributed by atoms with Gasteiger partial charge in [0.05, 0.1) is 0 Å². The second-order valence-corrected chi connectivity index (χ2v) is 9.05. The Balaban J connectivity index is 3.11. The molecule has 1 heteroatoms. The zero-order valence-electron chi connectivity index (χ0n) is 19.4. The van der Waals surface area contributed by atoms with Crippen molar-refractivity contribution in [3.8, 4) is 0 Å². The monoisotopic (exact) mass is 381 g/mol. The van der Waals surface area contributed by atoms with Crippen LogP contribution < -0.4 is 5.73 Å². The number of rotatable bonds is 23. The Labute approximate surface area is 173 Å². The van der Waals surface area contributed by atoms with Crippen molar-refractivity contribution in [2.75, 3.05) is 0 Å². The summed E-state index contributed by atoms with van der Waals surface area (Å²) in [4.78, 5) is 0. The summed E-state index contributed by atoms with van der Waals surface area (Å²) in [5.41, 5.74) is 6.29. The second-order valence-electron chi connectivity index (χ2n) is 9.05. The van der Waals surface area contributed by atoms with E-state index in [9.17, 15) is 0 Å². The lowest BCUT2D eigenvalue weighted by Gasteiger charge is -2.11. The van der Waals surface area contributed by atoms with Crippen molar-refractivity contribution < 1.29 is 0 Å². The van der Waals surface area contributed by atoms with Crippen LogP contribution in [0.4, 0.5) is 0 Å². The zero-order chi connectivity index (χ0) is 19.8. The minimum absolute atomic E-state index is 0.470. The summed E-state index contributed by atoms with van der Waals surface area (Å²) in [5, 5.41) is 0. The average Bonchev–Trinajstić information content (AvgIpc) is 2.67. The van der Waals surface area contributed by atoms with Crippen molar-refractivity contribution in [3.05, 3.63) is 0 Å². The highest BCUT2D eigenvalue weighted by Gasteiger charge is 2.02. The van der Waals surface area contributed by atoms with Crippen LogP contribution in [0, 0.1) is 0 Å². The van der Waals surface area contributed by atoms with Gasteiger partial charge in [-0.25, -0.2) is 0 Å². The first-order chi connectivity index (χ1) is 13.3. The highest BCUT2D eigenvalue weighted by Crippen LogP contribution is 2.15. The number of unbranched alkanes of at least 4 members (excludes halogenated alkanes) is 19. The Kier molecular flexibility index (Phi) is 24.0. The molecule has 1 nitrogen and oxygen atoms in total. The van der Waals surface area contributed by atoms with Gasteiger partial charge in [0.2, 0.25) is 0 Å². The van der Waals surface area contributed by atoms with Gasteiger partial charge >= 0.3 is 0 Å². The van der Waals surface area contributed by atoms with Gasteiger partial charge in [-0.3, -0.25) is 0 Å². The average molecular weight is 382 g/mol. The number of hydrogen-bond acceptors (Lipinski definition) is 1. The van der Waals surface area contributed by atoms with Crippen molar-refractivity contribution in [1.82, 2.24) is 0 Å². The number of nitrogens with two attached hydrogens (primary N) is 1. The van der Waals surface area contributed by atoms with Crippen LogP contribution in [0.25, 0.3) is 0 Å². The Hall–Kier alpha value is -0.0400. The van der Waals surface area contributed by atoms with Crippen LogP contribution in [0.2, 0.25) is 0 Å². The Morgan fingerprint density at radius 2 is 0.593 bits per heavy atom. The van der Waals surface area contributed by atoms with Gasteiger partial charge in [-0.2, -0.15) is 0 Å². The fraction of sp³-hybridized carbons (Fsp3) is 1.00. The smallest absolute Gasteiger partial charge is 0.00388 e. The van der Waals surface area contributed by atoms with E-state index in [2.05, 4.69) is 13.8 Å². The molecule has 0 aromatic heterocycles. The first-order valence-electron chi connectivity index (χ1n) is 13.1. The summed E-state index contributed by atoms with van der Waals surface area (Å²) in [6, 6.07) is 0.470. The number of hydrogen-bond donors (Lipinski definition) is 1. The van der Waals surface area contributed by atoms with E-state index in [-0.39, 0.29) is 0 Å². The van der Waals surface area contributed by atoms with Crippen LogP contribution in [-0.4, -0.2) is 6.04 Å². The SMILES string of the molecule is CCCCCCCCCCCCCCCC(N)CCCCCCCCCC. The summed E-state index contributed by atoms with van der Waals surface area (Å²) in [6.45, 7) is 4.59. The molecular weight excluding hydrogens is 326 g/mol. The minimum atomic E-state index is 0.470. The second kappa shape index (κ2) is 24.0. The van der Waals surface area contributed by atoms with Crippen LogP contribution in [0.5, 0.6) is 0 Å². The van der Waals surface area contributed by atoms with E-state index in [0.717, 1.165) is 0 Å². The summed E-state index contributed by atoms with van der Waals surface area (Å²) >= 11 is 0. The normalized spacial score (nSPS) is 12.6. The minimum Gasteiger partial charge on any atom is -0.328 e. The van der Waals surface area contributed by atoms with Crippen LogP contribution in [0.15, 0.2) is 0 Å². The molecule has 0 aliphatic carbocycles. The first-order valence-corrected chi connectivity index (χ1v) is 13.1. The molecule has 0 fully saturated rings. The van der Waals surface area contributed by atoms with Gasteiger partial charge < -0.3 is 5.73 Å². The lowest BCUT2D eigenvalue weighted by molar-refractivity contribution is 0.479. The predicted octanol–water partition coefficient (Wildman–Crippen LogP) is 9.33. The van der Waals surface area contributed by atoms with E-state index >= 15 is 0 Å². The van der Waals surface area contributed by atoms with E-state index in [1.54, 1.807) is 0 Å². The Morgan fingerprint density at radius 3 is 0.852 bits per heavy atom. The van der Waals surface area contributed by atoms with Crippen molar-refractivity contribution in [1.29, 1.82) is 0 Å². The lowest BCUT2D eigenvalue weighted by Crippen LogP contribution is -2.19. The molecule has 0 aromatic rings. The third kappa shape index (κ3) is 23.9. The Bertz CT molecular complexity index is 251. The maximum absolute atomic E-state index is 6.29. The molecule has 0 rings (SSSR count). The molecule has 164 valence electrons. The van der Waals surface area contributed by atoms with Gasteiger partial charge in [-0.15, -0.1) is 0 Å². The zero-order valence-corrected chi connectivity index (χ0v) is 19.4. The molecule has 0 aliphatic heterocycles. The summed E-state index contributed by atoms with van der Waals surface area (Å²) in [6.07, 6.45) is 32.5. The molecule has 0 saturated carbocycles. The van der Waals surface area contributed by atoms with Gasteiger partial charge in [0.1, 0.15) is 0 Å². The molecule has 0 radical (unpaired) electrons. The highest BCUT2D eigenvalue weighted by molar-refractivity contribution is 4.62. The van der Waals surface area contributed by atoms with Gasteiger partial charge in [0.25, 0.3) is 0 Å². The molecule has 0 heterocycles. The lowest BCUT2D eigenvalue weighted by atomic mass is 10.00. The quantitative estimate of drug-likeness (QED) is 0.175. The molecule has 0 aliphatic rings. The fourth-order valence-electron chi connectivity index (χ4n) is 4.11. The van der Waals surface area contributed by atoms with Crippen LogP contribution in [0.1, 0.15) is 162 Å². The largest absolute Gasteiger partial charge is 0.328 e. The summed E-state index contributed by atoms with van der Waals surface area (Å²) < 4.78 is 0. The fourth-order valence-corrected chi connectivity index (χ4v) is 4.11. The van der Waals surface area contributed by atoms with Gasteiger partial charge in [-0.05, 0) is 12.8 Å². The van der Waals surface area contributed by atoms with Crippen molar-refractivity contribution in [2.24, 2.45) is 5.73 Å². The predicted molar refractivity (Wildman–Crippen MR) is 126 cm³/mol. The third-order valence-electron chi connectivity index (χ3n) is 6.11. The standard InChI is InChI=1S/C26H55N/c1-3-5-7-9-11-13-14-15-16-17-19-21-23-25-26(27)24-22-20-18-12-10-8-6-4-2/h26H,3-25,27H2,1-2H3. The summed E-state index contributed by atoms with van der Waals surface area (Å²) in [5.74, 6) is 0.